The lowest BCUT2D eigenvalue weighted by Crippen LogP contribution is -2.27. The summed E-state index contributed by atoms with van der Waals surface area (Å²) in [5, 5.41) is 2.63. The Morgan fingerprint density at radius 2 is 2.00 bits per heavy atom. The van der Waals surface area contributed by atoms with Crippen molar-refractivity contribution in [2.45, 2.75) is 32.6 Å². The minimum atomic E-state index is -3.35. The summed E-state index contributed by atoms with van der Waals surface area (Å²) >= 11 is 0. The van der Waals surface area contributed by atoms with Gasteiger partial charge < -0.3 is 11.1 Å². The maximum Gasteiger partial charge on any atom is 0.239 e. The number of carbonyl (C=O) groups is 1. The van der Waals surface area contributed by atoms with Gasteiger partial charge in [-0.05, 0) is 43.4 Å². The van der Waals surface area contributed by atoms with Crippen LogP contribution in [0.1, 0.15) is 31.2 Å². The Morgan fingerprint density at radius 1 is 1.33 bits per heavy atom. The largest absolute Gasteiger partial charge is 0.398 e. The number of anilines is 2. The van der Waals surface area contributed by atoms with E-state index in [-0.39, 0.29) is 11.7 Å². The summed E-state index contributed by atoms with van der Waals surface area (Å²) in [5.41, 5.74) is 7.65. The third-order valence-electron chi connectivity index (χ3n) is 3.97. The molecule has 1 amide bonds. The van der Waals surface area contributed by atoms with Crippen molar-refractivity contribution < 1.29 is 13.2 Å². The Labute approximate surface area is 125 Å². The molecule has 1 saturated carbocycles. The number of carbonyl (C=O) groups excluding carboxylic acids is 1. The SMILES string of the molecule is Cc1c(N)cccc1NC(=O)CS(=O)(=O)CC1CCCC1. The maximum atomic E-state index is 12.1. The van der Waals surface area contributed by atoms with E-state index < -0.39 is 21.5 Å². The monoisotopic (exact) mass is 310 g/mol. The van der Waals surface area contributed by atoms with Crippen molar-refractivity contribution in [1.82, 2.24) is 0 Å². The van der Waals surface area contributed by atoms with Crippen molar-refractivity contribution in [2.75, 3.05) is 22.6 Å². The molecular weight excluding hydrogens is 288 g/mol. The predicted octanol–water partition coefficient (Wildman–Crippen LogP) is 2.12. The van der Waals surface area contributed by atoms with E-state index in [4.69, 9.17) is 5.73 Å². The first-order valence-electron chi connectivity index (χ1n) is 7.23. The average Bonchev–Trinajstić information content (AvgIpc) is 2.86. The van der Waals surface area contributed by atoms with Crippen molar-refractivity contribution in [3.05, 3.63) is 23.8 Å². The Bertz CT molecular complexity index is 620. The highest BCUT2D eigenvalue weighted by Gasteiger charge is 2.24. The molecule has 21 heavy (non-hydrogen) atoms. The molecule has 116 valence electrons. The van der Waals surface area contributed by atoms with Gasteiger partial charge in [-0.3, -0.25) is 4.79 Å². The molecule has 0 bridgehead atoms. The number of rotatable bonds is 5. The van der Waals surface area contributed by atoms with Gasteiger partial charge >= 0.3 is 0 Å². The summed E-state index contributed by atoms with van der Waals surface area (Å²) in [4.78, 5) is 11.9. The van der Waals surface area contributed by atoms with Gasteiger partial charge in [0.2, 0.25) is 5.91 Å². The van der Waals surface area contributed by atoms with Crippen molar-refractivity contribution in [3.63, 3.8) is 0 Å². The Kier molecular flexibility index (Phi) is 4.88. The molecule has 1 aliphatic carbocycles. The van der Waals surface area contributed by atoms with Gasteiger partial charge in [0.1, 0.15) is 5.75 Å². The fourth-order valence-corrected chi connectivity index (χ4v) is 4.41. The fourth-order valence-electron chi connectivity index (χ4n) is 2.77. The van der Waals surface area contributed by atoms with Crippen LogP contribution in [0.2, 0.25) is 0 Å². The topological polar surface area (TPSA) is 89.3 Å². The van der Waals surface area contributed by atoms with Crippen molar-refractivity contribution in [1.29, 1.82) is 0 Å². The van der Waals surface area contributed by atoms with Gasteiger partial charge in [-0.2, -0.15) is 0 Å². The summed E-state index contributed by atoms with van der Waals surface area (Å²) in [6, 6.07) is 5.18. The molecule has 1 fully saturated rings. The van der Waals surface area contributed by atoms with Gasteiger partial charge in [-0.1, -0.05) is 18.9 Å². The minimum absolute atomic E-state index is 0.121. The van der Waals surface area contributed by atoms with Crippen LogP contribution in [0.4, 0.5) is 11.4 Å². The minimum Gasteiger partial charge on any atom is -0.398 e. The molecule has 1 aliphatic rings. The Balaban J connectivity index is 1.96. The summed E-state index contributed by atoms with van der Waals surface area (Å²) in [6.07, 6.45) is 4.09. The zero-order valence-electron chi connectivity index (χ0n) is 12.3. The van der Waals surface area contributed by atoms with Gasteiger partial charge in [-0.15, -0.1) is 0 Å². The molecule has 2 rings (SSSR count). The van der Waals surface area contributed by atoms with E-state index in [2.05, 4.69) is 5.32 Å². The lowest BCUT2D eigenvalue weighted by molar-refractivity contribution is -0.113. The third-order valence-corrected chi connectivity index (χ3v) is 5.65. The summed E-state index contributed by atoms with van der Waals surface area (Å²) < 4.78 is 24.1. The van der Waals surface area contributed by atoms with Gasteiger partial charge in [0, 0.05) is 11.4 Å². The number of amides is 1. The molecule has 1 aromatic rings. The molecule has 3 N–H and O–H groups in total. The predicted molar refractivity (Wildman–Crippen MR) is 84.8 cm³/mol. The number of nitrogens with two attached hydrogens (primary N) is 1. The van der Waals surface area contributed by atoms with Crippen molar-refractivity contribution >= 4 is 27.1 Å². The van der Waals surface area contributed by atoms with Crippen LogP contribution in [-0.2, 0) is 14.6 Å². The van der Waals surface area contributed by atoms with E-state index in [0.717, 1.165) is 31.2 Å². The summed E-state index contributed by atoms with van der Waals surface area (Å²) in [7, 11) is -3.35. The molecule has 5 nitrogen and oxygen atoms in total. The zero-order valence-corrected chi connectivity index (χ0v) is 13.1. The summed E-state index contributed by atoms with van der Waals surface area (Å²) in [6.45, 7) is 1.79. The fraction of sp³-hybridized carbons (Fsp3) is 0.533. The van der Waals surface area contributed by atoms with Gasteiger partial charge in [0.25, 0.3) is 0 Å². The number of sulfone groups is 1. The average molecular weight is 310 g/mol. The molecular formula is C15H22N2O3S. The van der Waals surface area contributed by atoms with Crippen LogP contribution in [0.5, 0.6) is 0 Å². The number of nitrogen functional groups attached to an aromatic ring is 1. The summed E-state index contributed by atoms with van der Waals surface area (Å²) in [5.74, 6) is -0.618. The second-order valence-corrected chi connectivity index (χ2v) is 7.88. The highest BCUT2D eigenvalue weighted by Crippen LogP contribution is 2.26. The quantitative estimate of drug-likeness (QED) is 0.815. The molecule has 6 heteroatoms. The van der Waals surface area contributed by atoms with Crippen LogP contribution in [0, 0.1) is 12.8 Å². The van der Waals surface area contributed by atoms with E-state index in [9.17, 15) is 13.2 Å². The van der Waals surface area contributed by atoms with Crippen LogP contribution in [-0.4, -0.2) is 25.8 Å². The maximum absolute atomic E-state index is 12.1. The van der Waals surface area contributed by atoms with E-state index in [1.165, 1.54) is 0 Å². The standard InChI is InChI=1S/C15H22N2O3S/c1-11-13(16)7-4-8-14(11)17-15(18)10-21(19,20)9-12-5-2-3-6-12/h4,7-8,12H,2-3,5-6,9-10,16H2,1H3,(H,17,18). The van der Waals surface area contributed by atoms with E-state index in [1.54, 1.807) is 25.1 Å². The molecule has 0 aromatic heterocycles. The molecule has 0 unspecified atom stereocenters. The van der Waals surface area contributed by atoms with Crippen LogP contribution >= 0.6 is 0 Å². The van der Waals surface area contributed by atoms with Crippen LogP contribution in [0.3, 0.4) is 0 Å². The number of hydrogen-bond donors (Lipinski definition) is 2. The molecule has 1 aromatic carbocycles. The highest BCUT2D eigenvalue weighted by atomic mass is 32.2. The second kappa shape index (κ2) is 6.47. The smallest absolute Gasteiger partial charge is 0.239 e. The lowest BCUT2D eigenvalue weighted by atomic mass is 10.1. The van der Waals surface area contributed by atoms with E-state index in [1.807, 2.05) is 0 Å². The molecule has 0 aliphatic heterocycles. The highest BCUT2D eigenvalue weighted by molar-refractivity contribution is 7.92. The van der Waals surface area contributed by atoms with Crippen LogP contribution in [0.25, 0.3) is 0 Å². The zero-order chi connectivity index (χ0) is 15.5. The lowest BCUT2D eigenvalue weighted by Gasteiger charge is -2.12. The normalized spacial score (nSPS) is 16.0. The van der Waals surface area contributed by atoms with Crippen molar-refractivity contribution in [3.8, 4) is 0 Å². The van der Waals surface area contributed by atoms with Crippen molar-refractivity contribution in [2.24, 2.45) is 5.92 Å². The van der Waals surface area contributed by atoms with Gasteiger partial charge in [0.05, 0.1) is 5.75 Å². The second-order valence-electron chi connectivity index (χ2n) is 5.77. The molecule has 0 radical (unpaired) electrons. The number of benzene rings is 1. The first kappa shape index (κ1) is 15.8. The number of hydrogen-bond acceptors (Lipinski definition) is 4. The van der Waals surface area contributed by atoms with E-state index in [0.29, 0.717) is 11.4 Å². The van der Waals surface area contributed by atoms with Gasteiger partial charge in [-0.25, -0.2) is 8.42 Å². The Hall–Kier alpha value is -1.56. The number of nitrogens with one attached hydrogen (secondary N) is 1. The Morgan fingerprint density at radius 3 is 2.67 bits per heavy atom. The first-order valence-corrected chi connectivity index (χ1v) is 9.05. The molecule has 0 spiro atoms. The van der Waals surface area contributed by atoms with Crippen LogP contribution in [0.15, 0.2) is 18.2 Å². The molecule has 0 atom stereocenters. The third kappa shape index (κ3) is 4.46. The van der Waals surface area contributed by atoms with E-state index >= 15 is 0 Å². The van der Waals surface area contributed by atoms with Crippen LogP contribution < -0.4 is 11.1 Å². The first-order chi connectivity index (χ1) is 9.87. The van der Waals surface area contributed by atoms with Gasteiger partial charge in [0.15, 0.2) is 9.84 Å². The molecule has 0 saturated heterocycles. The molecule has 0 heterocycles.